The standard InChI is InChI=1S/C17H20N4O5/c1-3-18-14(23)11(2)19-13(22)10-21-16(25)15(24)20(17(21)26)9-12-7-5-4-6-8-12/h4-8,11H,3,9-10H2,1-2H3,(H,18,23)(H,19,22)/t11-/m0/s1. The van der Waals surface area contributed by atoms with Crippen molar-refractivity contribution >= 4 is 29.7 Å². The monoisotopic (exact) mass is 360 g/mol. The number of benzene rings is 1. The largest absolute Gasteiger partial charge is 0.355 e. The maximum Gasteiger partial charge on any atom is 0.335 e. The van der Waals surface area contributed by atoms with E-state index in [-0.39, 0.29) is 12.5 Å². The fraction of sp³-hybridized carbons (Fsp3) is 0.353. The highest BCUT2D eigenvalue weighted by atomic mass is 16.2. The summed E-state index contributed by atoms with van der Waals surface area (Å²) in [6.45, 7) is 2.94. The third-order valence-corrected chi connectivity index (χ3v) is 3.74. The Hall–Kier alpha value is -3.23. The van der Waals surface area contributed by atoms with Gasteiger partial charge in [0.25, 0.3) is 0 Å². The molecule has 1 aliphatic rings. The number of hydrogen-bond donors (Lipinski definition) is 2. The molecule has 0 bridgehead atoms. The Morgan fingerprint density at radius 2 is 1.65 bits per heavy atom. The number of urea groups is 1. The molecule has 6 amide bonds. The van der Waals surface area contributed by atoms with Gasteiger partial charge in [-0.25, -0.2) is 9.69 Å². The van der Waals surface area contributed by atoms with E-state index < -0.39 is 36.3 Å². The lowest BCUT2D eigenvalue weighted by molar-refractivity contribution is -0.144. The van der Waals surface area contributed by atoms with Crippen LogP contribution >= 0.6 is 0 Å². The highest BCUT2D eigenvalue weighted by molar-refractivity contribution is 6.44. The van der Waals surface area contributed by atoms with E-state index in [9.17, 15) is 24.0 Å². The molecule has 1 aliphatic heterocycles. The van der Waals surface area contributed by atoms with Gasteiger partial charge in [-0.2, -0.15) is 0 Å². The van der Waals surface area contributed by atoms with Gasteiger partial charge < -0.3 is 10.6 Å². The van der Waals surface area contributed by atoms with Gasteiger partial charge in [0.1, 0.15) is 12.6 Å². The molecule has 2 rings (SSSR count). The molecular weight excluding hydrogens is 340 g/mol. The van der Waals surface area contributed by atoms with Gasteiger partial charge in [-0.1, -0.05) is 30.3 Å². The van der Waals surface area contributed by atoms with Crippen LogP contribution in [0.15, 0.2) is 30.3 Å². The van der Waals surface area contributed by atoms with Crippen molar-refractivity contribution in [1.82, 2.24) is 20.4 Å². The minimum Gasteiger partial charge on any atom is -0.355 e. The summed E-state index contributed by atoms with van der Waals surface area (Å²) in [5.74, 6) is -3.14. The molecule has 0 radical (unpaired) electrons. The summed E-state index contributed by atoms with van der Waals surface area (Å²) in [6.07, 6.45) is 0. The van der Waals surface area contributed by atoms with Crippen LogP contribution in [0.25, 0.3) is 0 Å². The molecule has 2 N–H and O–H groups in total. The van der Waals surface area contributed by atoms with Gasteiger partial charge in [0, 0.05) is 6.54 Å². The van der Waals surface area contributed by atoms with Gasteiger partial charge in [0.05, 0.1) is 6.54 Å². The van der Waals surface area contributed by atoms with Crippen molar-refractivity contribution in [1.29, 1.82) is 0 Å². The second-order valence-corrected chi connectivity index (χ2v) is 5.73. The molecule has 0 aromatic heterocycles. The Morgan fingerprint density at radius 1 is 1.04 bits per heavy atom. The van der Waals surface area contributed by atoms with E-state index in [1.807, 2.05) is 0 Å². The second-order valence-electron chi connectivity index (χ2n) is 5.73. The summed E-state index contributed by atoms with van der Waals surface area (Å²) in [7, 11) is 0. The van der Waals surface area contributed by atoms with Crippen molar-refractivity contribution in [3.8, 4) is 0 Å². The predicted octanol–water partition coefficient (Wildman–Crippen LogP) is -0.382. The number of hydrogen-bond acceptors (Lipinski definition) is 5. The summed E-state index contributed by atoms with van der Waals surface area (Å²) >= 11 is 0. The van der Waals surface area contributed by atoms with Crippen molar-refractivity contribution in [3.63, 3.8) is 0 Å². The first-order valence-electron chi connectivity index (χ1n) is 8.13. The molecule has 26 heavy (non-hydrogen) atoms. The molecular formula is C17H20N4O5. The van der Waals surface area contributed by atoms with Crippen LogP contribution in [0.5, 0.6) is 0 Å². The van der Waals surface area contributed by atoms with Gasteiger partial charge in [-0.3, -0.25) is 24.1 Å². The van der Waals surface area contributed by atoms with E-state index in [1.165, 1.54) is 6.92 Å². The molecule has 0 aliphatic carbocycles. The first-order valence-corrected chi connectivity index (χ1v) is 8.13. The molecule has 1 aromatic carbocycles. The quantitative estimate of drug-likeness (QED) is 0.508. The molecule has 0 unspecified atom stereocenters. The number of likely N-dealkylation sites (N-methyl/N-ethyl adjacent to an activating group) is 1. The number of imide groups is 2. The smallest absolute Gasteiger partial charge is 0.335 e. The predicted molar refractivity (Wildman–Crippen MR) is 90.4 cm³/mol. The van der Waals surface area contributed by atoms with Crippen LogP contribution in [0, 0.1) is 0 Å². The Bertz CT molecular complexity index is 734. The zero-order valence-electron chi connectivity index (χ0n) is 14.5. The van der Waals surface area contributed by atoms with Crippen LogP contribution in [0.4, 0.5) is 4.79 Å². The number of carbonyl (C=O) groups excluding carboxylic acids is 5. The van der Waals surface area contributed by atoms with E-state index in [2.05, 4.69) is 10.6 Å². The molecule has 0 saturated carbocycles. The highest BCUT2D eigenvalue weighted by Crippen LogP contribution is 2.15. The average Bonchev–Trinajstić information content (AvgIpc) is 2.81. The van der Waals surface area contributed by atoms with Gasteiger partial charge in [0.2, 0.25) is 11.8 Å². The fourth-order valence-corrected chi connectivity index (χ4v) is 2.42. The zero-order valence-corrected chi connectivity index (χ0v) is 14.5. The summed E-state index contributed by atoms with van der Waals surface area (Å²) in [6, 6.07) is 7.03. The Labute approximate surface area is 150 Å². The third kappa shape index (κ3) is 4.24. The van der Waals surface area contributed by atoms with Crippen LogP contribution in [0.3, 0.4) is 0 Å². The molecule has 9 nitrogen and oxygen atoms in total. The van der Waals surface area contributed by atoms with Crippen molar-refractivity contribution in [2.75, 3.05) is 13.1 Å². The Balaban J connectivity index is 2.00. The molecule has 1 heterocycles. The zero-order chi connectivity index (χ0) is 19.3. The topological polar surface area (TPSA) is 116 Å². The first kappa shape index (κ1) is 19.1. The summed E-state index contributed by atoms with van der Waals surface area (Å²) in [5.41, 5.74) is 0.679. The molecule has 1 aromatic rings. The van der Waals surface area contributed by atoms with E-state index in [1.54, 1.807) is 37.3 Å². The number of nitrogens with one attached hydrogen (secondary N) is 2. The molecule has 1 fully saturated rings. The minimum absolute atomic E-state index is 0.0579. The minimum atomic E-state index is -1.06. The number of rotatable bonds is 7. The van der Waals surface area contributed by atoms with Gasteiger partial charge in [-0.15, -0.1) is 0 Å². The average molecular weight is 360 g/mol. The van der Waals surface area contributed by atoms with Crippen LogP contribution in [0.1, 0.15) is 19.4 Å². The van der Waals surface area contributed by atoms with Crippen LogP contribution in [0.2, 0.25) is 0 Å². The second kappa shape index (κ2) is 8.24. The summed E-state index contributed by atoms with van der Waals surface area (Å²) in [4.78, 5) is 61.4. The SMILES string of the molecule is CCNC(=O)[C@H](C)NC(=O)CN1C(=O)C(=O)N(Cc2ccccc2)C1=O. The number of carbonyl (C=O) groups is 5. The Morgan fingerprint density at radius 3 is 2.27 bits per heavy atom. The van der Waals surface area contributed by atoms with E-state index >= 15 is 0 Å². The van der Waals surface area contributed by atoms with Crippen molar-refractivity contribution in [2.24, 2.45) is 0 Å². The number of amides is 6. The molecule has 0 spiro atoms. The van der Waals surface area contributed by atoms with E-state index in [0.29, 0.717) is 17.0 Å². The molecule has 1 atom stereocenters. The van der Waals surface area contributed by atoms with Gasteiger partial charge in [-0.05, 0) is 19.4 Å². The van der Waals surface area contributed by atoms with E-state index in [0.717, 1.165) is 4.90 Å². The van der Waals surface area contributed by atoms with Crippen molar-refractivity contribution in [2.45, 2.75) is 26.4 Å². The van der Waals surface area contributed by atoms with Crippen molar-refractivity contribution < 1.29 is 24.0 Å². The maximum atomic E-state index is 12.3. The van der Waals surface area contributed by atoms with Crippen molar-refractivity contribution in [3.05, 3.63) is 35.9 Å². The lowest BCUT2D eigenvalue weighted by Crippen LogP contribution is -2.49. The number of nitrogens with zero attached hydrogens (tertiary/aromatic N) is 2. The van der Waals surface area contributed by atoms with Gasteiger partial charge in [0.15, 0.2) is 0 Å². The highest BCUT2D eigenvalue weighted by Gasteiger charge is 2.45. The van der Waals surface area contributed by atoms with Crippen LogP contribution in [-0.4, -0.2) is 58.6 Å². The normalized spacial score (nSPS) is 15.2. The van der Waals surface area contributed by atoms with Gasteiger partial charge >= 0.3 is 17.8 Å². The Kier molecular flexibility index (Phi) is 6.05. The molecule has 9 heteroatoms. The molecule has 1 saturated heterocycles. The summed E-state index contributed by atoms with van der Waals surface area (Å²) < 4.78 is 0. The molecule has 138 valence electrons. The maximum absolute atomic E-state index is 12.3. The van der Waals surface area contributed by atoms with Crippen LogP contribution < -0.4 is 10.6 Å². The first-order chi connectivity index (χ1) is 12.3. The lowest BCUT2D eigenvalue weighted by Gasteiger charge is -2.17. The summed E-state index contributed by atoms with van der Waals surface area (Å²) in [5, 5.41) is 4.92. The van der Waals surface area contributed by atoms with E-state index in [4.69, 9.17) is 0 Å². The third-order valence-electron chi connectivity index (χ3n) is 3.74. The van der Waals surface area contributed by atoms with Crippen LogP contribution in [-0.2, 0) is 25.7 Å². The fourth-order valence-electron chi connectivity index (χ4n) is 2.42. The lowest BCUT2D eigenvalue weighted by atomic mass is 10.2.